The Morgan fingerprint density at radius 1 is 1.25 bits per heavy atom. The predicted molar refractivity (Wildman–Crippen MR) is 98.8 cm³/mol. The fourth-order valence-corrected chi connectivity index (χ4v) is 4.48. The smallest absolute Gasteiger partial charge is 0.231 e. The lowest BCUT2D eigenvalue weighted by atomic mass is 9.73. The zero-order valence-electron chi connectivity index (χ0n) is 14.0. The molecule has 1 amide bonds. The van der Waals surface area contributed by atoms with Crippen LogP contribution in [0.25, 0.3) is 0 Å². The summed E-state index contributed by atoms with van der Waals surface area (Å²) >= 11 is 8.15. The molecule has 5 heteroatoms. The molecule has 3 nitrogen and oxygen atoms in total. The molecule has 2 heterocycles. The van der Waals surface area contributed by atoms with Crippen molar-refractivity contribution < 1.29 is 9.53 Å². The molecule has 3 rings (SSSR count). The summed E-state index contributed by atoms with van der Waals surface area (Å²) in [5, 5.41) is 3.85. The molecule has 1 atom stereocenters. The zero-order chi connectivity index (χ0) is 17.2. The van der Waals surface area contributed by atoms with E-state index in [1.165, 1.54) is 9.75 Å². The molecule has 24 heavy (non-hydrogen) atoms. The van der Waals surface area contributed by atoms with Gasteiger partial charge in [-0.25, -0.2) is 0 Å². The van der Waals surface area contributed by atoms with Crippen molar-refractivity contribution in [2.45, 2.75) is 38.1 Å². The molecule has 0 spiro atoms. The summed E-state index contributed by atoms with van der Waals surface area (Å²) in [5.74, 6) is 0.0393. The molecule has 0 aliphatic carbocycles. The minimum absolute atomic E-state index is 0.0154. The fraction of sp³-hybridized carbons (Fsp3) is 0.421. The van der Waals surface area contributed by atoms with Gasteiger partial charge in [0.25, 0.3) is 0 Å². The standard InChI is InChI=1S/C19H22ClNO2S/c1-13-7-8-17(24-13)14(2)21-18(22)19(9-11-23-12-10-19)15-5-3-4-6-16(15)20/h3-8,14H,9-12H2,1-2H3,(H,21,22). The molecule has 128 valence electrons. The summed E-state index contributed by atoms with van der Waals surface area (Å²) in [5.41, 5.74) is 0.291. The van der Waals surface area contributed by atoms with Crippen LogP contribution in [0.2, 0.25) is 5.02 Å². The number of carbonyl (C=O) groups excluding carboxylic acids is 1. The molecule has 0 radical (unpaired) electrons. The Kier molecular flexibility index (Phi) is 5.28. The van der Waals surface area contributed by atoms with E-state index in [-0.39, 0.29) is 11.9 Å². The Morgan fingerprint density at radius 2 is 1.96 bits per heavy atom. The predicted octanol–water partition coefficient (Wildman–Crippen LogP) is 4.64. The topological polar surface area (TPSA) is 38.3 Å². The van der Waals surface area contributed by atoms with Crippen LogP contribution in [0.5, 0.6) is 0 Å². The number of thiophene rings is 1. The van der Waals surface area contributed by atoms with Crippen LogP contribution in [0.4, 0.5) is 0 Å². The minimum atomic E-state index is -0.614. The Hall–Kier alpha value is -1.36. The molecule has 1 saturated heterocycles. The van der Waals surface area contributed by atoms with Crippen molar-refractivity contribution in [3.8, 4) is 0 Å². The first kappa shape index (κ1) is 17.5. The molecule has 0 saturated carbocycles. The van der Waals surface area contributed by atoms with Gasteiger partial charge in [0.1, 0.15) is 0 Å². The summed E-state index contributed by atoms with van der Waals surface area (Å²) < 4.78 is 5.51. The van der Waals surface area contributed by atoms with Crippen molar-refractivity contribution in [1.82, 2.24) is 5.32 Å². The van der Waals surface area contributed by atoms with Gasteiger partial charge in [0.2, 0.25) is 5.91 Å². The van der Waals surface area contributed by atoms with Crippen molar-refractivity contribution in [3.05, 3.63) is 56.7 Å². The van der Waals surface area contributed by atoms with E-state index in [0.717, 1.165) is 5.56 Å². The van der Waals surface area contributed by atoms with Crippen molar-refractivity contribution in [2.75, 3.05) is 13.2 Å². The van der Waals surface area contributed by atoms with Gasteiger partial charge < -0.3 is 10.1 Å². The number of nitrogens with one attached hydrogen (secondary N) is 1. The fourth-order valence-electron chi connectivity index (χ4n) is 3.28. The minimum Gasteiger partial charge on any atom is -0.381 e. The molecule has 1 aliphatic rings. The number of rotatable bonds is 4. The summed E-state index contributed by atoms with van der Waals surface area (Å²) in [6, 6.07) is 11.8. The van der Waals surface area contributed by atoms with Crippen LogP contribution in [0.15, 0.2) is 36.4 Å². The average Bonchev–Trinajstić information content (AvgIpc) is 3.02. The van der Waals surface area contributed by atoms with Gasteiger partial charge in [-0.1, -0.05) is 29.8 Å². The molecule has 2 aromatic rings. The second-order valence-corrected chi connectivity index (χ2v) is 8.04. The maximum absolute atomic E-state index is 13.2. The Balaban J connectivity index is 1.88. The van der Waals surface area contributed by atoms with Crippen molar-refractivity contribution in [3.63, 3.8) is 0 Å². The van der Waals surface area contributed by atoms with Gasteiger partial charge in [0.05, 0.1) is 11.5 Å². The highest BCUT2D eigenvalue weighted by Gasteiger charge is 2.43. The summed E-state index contributed by atoms with van der Waals surface area (Å²) in [7, 11) is 0. The molecule has 1 unspecified atom stereocenters. The first-order chi connectivity index (χ1) is 11.5. The second-order valence-electron chi connectivity index (χ2n) is 6.32. The number of ether oxygens (including phenoxy) is 1. The zero-order valence-corrected chi connectivity index (χ0v) is 15.5. The van der Waals surface area contributed by atoms with Crippen LogP contribution >= 0.6 is 22.9 Å². The lowest BCUT2D eigenvalue weighted by Crippen LogP contribution is -2.48. The van der Waals surface area contributed by atoms with E-state index < -0.39 is 5.41 Å². The molecule has 1 aliphatic heterocycles. The van der Waals surface area contributed by atoms with Gasteiger partial charge in [0, 0.05) is 28.0 Å². The van der Waals surface area contributed by atoms with Crippen molar-refractivity contribution >= 4 is 28.8 Å². The summed E-state index contributed by atoms with van der Waals surface area (Å²) in [6.45, 7) is 5.26. The summed E-state index contributed by atoms with van der Waals surface area (Å²) in [6.07, 6.45) is 1.30. The normalized spacial score (nSPS) is 18.1. The maximum atomic E-state index is 13.2. The number of hydrogen-bond acceptors (Lipinski definition) is 3. The number of benzene rings is 1. The number of aryl methyl sites for hydroxylation is 1. The van der Waals surface area contributed by atoms with Gasteiger partial charge in [-0.2, -0.15) is 0 Å². The van der Waals surface area contributed by atoms with Gasteiger partial charge in [0.15, 0.2) is 0 Å². The molecule has 1 aromatic heterocycles. The lowest BCUT2D eigenvalue weighted by Gasteiger charge is -2.37. The van der Waals surface area contributed by atoms with Crippen LogP contribution in [0.3, 0.4) is 0 Å². The quantitative estimate of drug-likeness (QED) is 0.859. The van der Waals surface area contributed by atoms with Crippen molar-refractivity contribution in [2.24, 2.45) is 0 Å². The van der Waals surface area contributed by atoms with E-state index in [9.17, 15) is 4.79 Å². The molecule has 1 N–H and O–H groups in total. The highest BCUT2D eigenvalue weighted by Crippen LogP contribution is 2.39. The monoisotopic (exact) mass is 363 g/mol. The number of halogens is 1. The van der Waals surface area contributed by atoms with Crippen LogP contribution in [0.1, 0.15) is 41.1 Å². The van der Waals surface area contributed by atoms with Crippen LogP contribution < -0.4 is 5.32 Å². The largest absolute Gasteiger partial charge is 0.381 e. The number of amides is 1. The average molecular weight is 364 g/mol. The number of carbonyl (C=O) groups is 1. The number of hydrogen-bond donors (Lipinski definition) is 1. The van der Waals surface area contributed by atoms with Crippen LogP contribution in [-0.2, 0) is 14.9 Å². The molecule has 0 bridgehead atoms. The lowest BCUT2D eigenvalue weighted by molar-refractivity contribution is -0.131. The molecule has 1 fully saturated rings. The van der Waals surface area contributed by atoms with E-state index >= 15 is 0 Å². The third-order valence-corrected chi connectivity index (χ3v) is 6.22. The van der Waals surface area contributed by atoms with E-state index in [0.29, 0.717) is 31.1 Å². The Labute approximate surface area is 152 Å². The van der Waals surface area contributed by atoms with E-state index in [4.69, 9.17) is 16.3 Å². The van der Waals surface area contributed by atoms with Gasteiger partial charge in [-0.05, 0) is 50.5 Å². The van der Waals surface area contributed by atoms with Gasteiger partial charge in [-0.3, -0.25) is 4.79 Å². The molecular weight excluding hydrogens is 342 g/mol. The Bertz CT molecular complexity index is 722. The maximum Gasteiger partial charge on any atom is 0.231 e. The highest BCUT2D eigenvalue weighted by molar-refractivity contribution is 7.12. The van der Waals surface area contributed by atoms with Crippen LogP contribution in [0, 0.1) is 6.92 Å². The first-order valence-corrected chi connectivity index (χ1v) is 9.42. The van der Waals surface area contributed by atoms with Gasteiger partial charge >= 0.3 is 0 Å². The van der Waals surface area contributed by atoms with E-state index in [2.05, 4.69) is 24.4 Å². The molecular formula is C19H22ClNO2S. The second kappa shape index (κ2) is 7.26. The van der Waals surface area contributed by atoms with Crippen LogP contribution in [-0.4, -0.2) is 19.1 Å². The SMILES string of the molecule is Cc1ccc(C(C)NC(=O)C2(c3ccccc3Cl)CCOCC2)s1. The van der Waals surface area contributed by atoms with Gasteiger partial charge in [-0.15, -0.1) is 11.3 Å². The Morgan fingerprint density at radius 3 is 2.58 bits per heavy atom. The highest BCUT2D eigenvalue weighted by atomic mass is 35.5. The third kappa shape index (κ3) is 3.37. The third-order valence-electron chi connectivity index (χ3n) is 4.71. The first-order valence-electron chi connectivity index (χ1n) is 8.23. The van der Waals surface area contributed by atoms with E-state index in [1.54, 1.807) is 11.3 Å². The van der Waals surface area contributed by atoms with E-state index in [1.807, 2.05) is 31.2 Å². The van der Waals surface area contributed by atoms with Crippen molar-refractivity contribution in [1.29, 1.82) is 0 Å². The summed E-state index contributed by atoms with van der Waals surface area (Å²) in [4.78, 5) is 15.7. The molecule has 1 aromatic carbocycles.